The number of halogens is 1. The Labute approximate surface area is 104 Å². The van der Waals surface area contributed by atoms with E-state index >= 15 is 0 Å². The number of amides is 1. The van der Waals surface area contributed by atoms with Crippen molar-refractivity contribution in [3.8, 4) is 5.75 Å². The van der Waals surface area contributed by atoms with Crippen molar-refractivity contribution in [3.63, 3.8) is 0 Å². The molecule has 0 aliphatic carbocycles. The van der Waals surface area contributed by atoms with Crippen LogP contribution in [0.4, 0.5) is 0 Å². The number of methoxy groups -OCH3 is 1. The molecule has 2 rings (SSSR count). The number of hydrogen-bond donors (Lipinski definition) is 0. The summed E-state index contributed by atoms with van der Waals surface area (Å²) in [5.74, 6) is 1.01. The maximum Gasteiger partial charge on any atom is 0.236 e. The monoisotopic (exact) mass is 283 g/mol. The van der Waals surface area contributed by atoms with Crippen molar-refractivity contribution in [3.05, 3.63) is 29.8 Å². The third-order valence-corrected chi connectivity index (χ3v) is 3.64. The molecule has 1 amide bonds. The van der Waals surface area contributed by atoms with E-state index < -0.39 is 0 Å². The number of carbonyl (C=O) groups excluding carboxylic acids is 1. The Morgan fingerprint density at radius 1 is 1.50 bits per heavy atom. The molecule has 1 fully saturated rings. The summed E-state index contributed by atoms with van der Waals surface area (Å²) in [4.78, 5) is 13.6. The van der Waals surface area contributed by atoms with Crippen molar-refractivity contribution < 1.29 is 9.53 Å². The van der Waals surface area contributed by atoms with E-state index in [1.165, 1.54) is 0 Å². The quantitative estimate of drug-likeness (QED) is 0.796. The Morgan fingerprint density at radius 3 is 2.88 bits per heavy atom. The second kappa shape index (κ2) is 4.87. The zero-order chi connectivity index (χ0) is 11.5. The molecule has 1 aromatic carbocycles. The summed E-state index contributed by atoms with van der Waals surface area (Å²) in [6.07, 6.45) is 0.883. The number of carbonyl (C=O) groups is 1. The first-order chi connectivity index (χ1) is 7.72. The fraction of sp³-hybridized carbons (Fsp3) is 0.417. The van der Waals surface area contributed by atoms with Crippen molar-refractivity contribution in [1.29, 1.82) is 0 Å². The topological polar surface area (TPSA) is 29.5 Å². The summed E-state index contributed by atoms with van der Waals surface area (Å²) in [7, 11) is 1.65. The van der Waals surface area contributed by atoms with E-state index in [4.69, 9.17) is 4.74 Å². The number of likely N-dealkylation sites (tertiary alicyclic amines) is 1. The lowest BCUT2D eigenvalue weighted by molar-refractivity contribution is -0.127. The second-order valence-corrected chi connectivity index (χ2v) is 4.93. The molecule has 86 valence electrons. The standard InChI is InChI=1S/C12H14BrNO2/c1-16-11-5-3-2-4-9(11)8-14-7-6-10(13)12(14)15/h2-5,10H,6-8H2,1H3/t10-/m0/s1. The smallest absolute Gasteiger partial charge is 0.236 e. The molecule has 1 atom stereocenters. The lowest BCUT2D eigenvalue weighted by Gasteiger charge is -2.17. The minimum Gasteiger partial charge on any atom is -0.496 e. The van der Waals surface area contributed by atoms with Crippen LogP contribution in [0.2, 0.25) is 0 Å². The van der Waals surface area contributed by atoms with Crippen LogP contribution in [-0.4, -0.2) is 29.3 Å². The van der Waals surface area contributed by atoms with Gasteiger partial charge in [0.15, 0.2) is 0 Å². The van der Waals surface area contributed by atoms with Crippen molar-refractivity contribution >= 4 is 21.8 Å². The van der Waals surface area contributed by atoms with Crippen molar-refractivity contribution in [2.75, 3.05) is 13.7 Å². The van der Waals surface area contributed by atoms with E-state index in [1.54, 1.807) is 7.11 Å². The molecule has 0 N–H and O–H groups in total. The Balaban J connectivity index is 2.12. The fourth-order valence-electron chi connectivity index (χ4n) is 1.90. The van der Waals surface area contributed by atoms with Crippen molar-refractivity contribution in [1.82, 2.24) is 4.90 Å². The predicted molar refractivity (Wildman–Crippen MR) is 65.7 cm³/mol. The molecule has 1 aromatic rings. The Hall–Kier alpha value is -1.03. The zero-order valence-corrected chi connectivity index (χ0v) is 10.7. The SMILES string of the molecule is COc1ccccc1CN1CC[C@H](Br)C1=O. The fourth-order valence-corrected chi connectivity index (χ4v) is 2.39. The average molecular weight is 284 g/mol. The molecular formula is C12H14BrNO2. The van der Waals surface area contributed by atoms with Crippen LogP contribution >= 0.6 is 15.9 Å². The first-order valence-electron chi connectivity index (χ1n) is 5.27. The van der Waals surface area contributed by atoms with Crippen LogP contribution in [0.5, 0.6) is 5.75 Å². The number of para-hydroxylation sites is 1. The molecule has 1 saturated heterocycles. The minimum atomic E-state index is -0.0118. The average Bonchev–Trinajstić information content (AvgIpc) is 2.62. The zero-order valence-electron chi connectivity index (χ0n) is 9.15. The van der Waals surface area contributed by atoms with E-state index in [2.05, 4.69) is 15.9 Å². The minimum absolute atomic E-state index is 0.0118. The lowest BCUT2D eigenvalue weighted by Crippen LogP contribution is -2.27. The van der Waals surface area contributed by atoms with Crippen LogP contribution in [0.1, 0.15) is 12.0 Å². The molecule has 0 radical (unpaired) electrons. The lowest BCUT2D eigenvalue weighted by atomic mass is 10.2. The van der Waals surface area contributed by atoms with Crippen LogP contribution in [0, 0.1) is 0 Å². The van der Waals surface area contributed by atoms with Gasteiger partial charge in [0.1, 0.15) is 5.75 Å². The molecule has 0 unspecified atom stereocenters. The third-order valence-electron chi connectivity index (χ3n) is 2.79. The molecule has 3 nitrogen and oxygen atoms in total. The van der Waals surface area contributed by atoms with Crippen LogP contribution in [0.3, 0.4) is 0 Å². The summed E-state index contributed by atoms with van der Waals surface area (Å²) in [6, 6.07) is 7.81. The summed E-state index contributed by atoms with van der Waals surface area (Å²) < 4.78 is 5.27. The van der Waals surface area contributed by atoms with Gasteiger partial charge in [0.25, 0.3) is 0 Å². The highest BCUT2D eigenvalue weighted by Crippen LogP contribution is 2.24. The molecule has 0 bridgehead atoms. The number of benzene rings is 1. The number of rotatable bonds is 3. The Kier molecular flexibility index (Phi) is 3.49. The van der Waals surface area contributed by atoms with Crippen molar-refractivity contribution in [2.24, 2.45) is 0 Å². The van der Waals surface area contributed by atoms with Crippen LogP contribution in [-0.2, 0) is 11.3 Å². The summed E-state index contributed by atoms with van der Waals surface area (Å²) in [6.45, 7) is 1.44. The maximum atomic E-state index is 11.7. The molecule has 1 aliphatic heterocycles. The maximum absolute atomic E-state index is 11.7. The van der Waals surface area contributed by atoms with Gasteiger partial charge in [0.05, 0.1) is 11.9 Å². The highest BCUT2D eigenvalue weighted by atomic mass is 79.9. The van der Waals surface area contributed by atoms with Gasteiger partial charge in [-0.3, -0.25) is 4.79 Å². The number of alkyl halides is 1. The molecule has 4 heteroatoms. The molecular weight excluding hydrogens is 270 g/mol. The van der Waals surface area contributed by atoms with Crippen LogP contribution < -0.4 is 4.74 Å². The summed E-state index contributed by atoms with van der Waals surface area (Å²) in [5, 5.41) is 0. The first-order valence-corrected chi connectivity index (χ1v) is 6.18. The molecule has 0 aromatic heterocycles. The molecule has 1 heterocycles. The largest absolute Gasteiger partial charge is 0.496 e. The van der Waals surface area contributed by atoms with Crippen LogP contribution in [0.25, 0.3) is 0 Å². The molecule has 0 spiro atoms. The van der Waals surface area contributed by atoms with Gasteiger partial charge in [-0.05, 0) is 12.5 Å². The number of ether oxygens (including phenoxy) is 1. The van der Waals surface area contributed by atoms with Gasteiger partial charge < -0.3 is 9.64 Å². The van der Waals surface area contributed by atoms with E-state index in [0.717, 1.165) is 24.3 Å². The summed E-state index contributed by atoms with van der Waals surface area (Å²) in [5.41, 5.74) is 1.06. The highest BCUT2D eigenvalue weighted by Gasteiger charge is 2.29. The molecule has 0 saturated carbocycles. The predicted octanol–water partition coefficient (Wildman–Crippen LogP) is 2.19. The van der Waals surface area contributed by atoms with Gasteiger partial charge >= 0.3 is 0 Å². The first kappa shape index (κ1) is 11.5. The summed E-state index contributed by atoms with van der Waals surface area (Å²) >= 11 is 3.37. The highest BCUT2D eigenvalue weighted by molar-refractivity contribution is 9.10. The van der Waals surface area contributed by atoms with Gasteiger partial charge in [-0.1, -0.05) is 34.1 Å². The van der Waals surface area contributed by atoms with Gasteiger partial charge in [0, 0.05) is 18.7 Å². The Bertz CT molecular complexity index is 394. The van der Waals surface area contributed by atoms with Gasteiger partial charge in [-0.25, -0.2) is 0 Å². The van der Waals surface area contributed by atoms with E-state index in [-0.39, 0.29) is 10.7 Å². The van der Waals surface area contributed by atoms with Gasteiger partial charge in [-0.2, -0.15) is 0 Å². The second-order valence-electron chi connectivity index (χ2n) is 3.83. The third kappa shape index (κ3) is 2.21. The van der Waals surface area contributed by atoms with Crippen molar-refractivity contribution in [2.45, 2.75) is 17.8 Å². The Morgan fingerprint density at radius 2 is 2.25 bits per heavy atom. The molecule has 1 aliphatic rings. The van der Waals surface area contributed by atoms with Crippen LogP contribution in [0.15, 0.2) is 24.3 Å². The van der Waals surface area contributed by atoms with E-state index in [9.17, 15) is 4.79 Å². The van der Waals surface area contributed by atoms with E-state index in [1.807, 2.05) is 29.2 Å². The van der Waals surface area contributed by atoms with Gasteiger partial charge in [-0.15, -0.1) is 0 Å². The van der Waals surface area contributed by atoms with E-state index in [0.29, 0.717) is 6.54 Å². The number of nitrogens with zero attached hydrogens (tertiary/aromatic N) is 1. The normalized spacial score (nSPS) is 20.2. The molecule has 16 heavy (non-hydrogen) atoms. The number of hydrogen-bond acceptors (Lipinski definition) is 2. The van der Waals surface area contributed by atoms with Gasteiger partial charge in [0.2, 0.25) is 5.91 Å².